The first-order valence-corrected chi connectivity index (χ1v) is 7.87. The summed E-state index contributed by atoms with van der Waals surface area (Å²) in [5.74, 6) is 0.00300. The molecule has 1 aromatic rings. The molecule has 0 aliphatic carbocycles. The van der Waals surface area contributed by atoms with Crippen LogP contribution in [0.3, 0.4) is 0 Å². The van der Waals surface area contributed by atoms with Gasteiger partial charge in [0.1, 0.15) is 0 Å². The summed E-state index contributed by atoms with van der Waals surface area (Å²) in [5, 5.41) is 3.53. The Morgan fingerprint density at radius 1 is 1.24 bits per heavy atom. The van der Waals surface area contributed by atoms with E-state index in [1.54, 1.807) is 25.1 Å². The summed E-state index contributed by atoms with van der Waals surface area (Å²) in [4.78, 5) is 13.9. The van der Waals surface area contributed by atoms with Gasteiger partial charge in [0.15, 0.2) is 0 Å². The highest BCUT2D eigenvalue weighted by atomic mass is 16.2. The third-order valence-electron chi connectivity index (χ3n) is 3.58. The second-order valence-electron chi connectivity index (χ2n) is 5.78. The Hall–Kier alpha value is -1.71. The van der Waals surface area contributed by atoms with Crippen molar-refractivity contribution in [1.82, 2.24) is 4.90 Å². The SMILES string of the molecule is CCCCC(CCC)Nc1cc(N)ccc1C(=O)N(C)C. The van der Waals surface area contributed by atoms with Crippen LogP contribution in [0.1, 0.15) is 56.3 Å². The van der Waals surface area contributed by atoms with E-state index < -0.39 is 0 Å². The van der Waals surface area contributed by atoms with Gasteiger partial charge in [-0.2, -0.15) is 0 Å². The van der Waals surface area contributed by atoms with Gasteiger partial charge in [0.25, 0.3) is 5.91 Å². The van der Waals surface area contributed by atoms with Crippen molar-refractivity contribution in [1.29, 1.82) is 0 Å². The van der Waals surface area contributed by atoms with Crippen LogP contribution >= 0.6 is 0 Å². The van der Waals surface area contributed by atoms with Crippen LogP contribution in [0.5, 0.6) is 0 Å². The zero-order chi connectivity index (χ0) is 15.8. The monoisotopic (exact) mass is 291 g/mol. The Bertz CT molecular complexity index is 457. The molecule has 1 rings (SSSR count). The molecule has 0 saturated heterocycles. The van der Waals surface area contributed by atoms with Crippen molar-refractivity contribution in [2.24, 2.45) is 0 Å². The van der Waals surface area contributed by atoms with Crippen molar-refractivity contribution in [3.8, 4) is 0 Å². The summed E-state index contributed by atoms with van der Waals surface area (Å²) in [7, 11) is 3.53. The van der Waals surface area contributed by atoms with Crippen LogP contribution in [0, 0.1) is 0 Å². The normalized spacial score (nSPS) is 12.0. The molecule has 1 amide bonds. The minimum absolute atomic E-state index is 0.00300. The zero-order valence-corrected chi connectivity index (χ0v) is 13.8. The lowest BCUT2D eigenvalue weighted by Gasteiger charge is -2.22. The van der Waals surface area contributed by atoms with Gasteiger partial charge in [0.2, 0.25) is 0 Å². The molecule has 1 unspecified atom stereocenters. The van der Waals surface area contributed by atoms with Gasteiger partial charge in [-0.1, -0.05) is 33.1 Å². The molecule has 1 atom stereocenters. The second kappa shape index (κ2) is 8.55. The van der Waals surface area contributed by atoms with E-state index in [0.717, 1.165) is 24.9 Å². The molecule has 0 saturated carbocycles. The highest BCUT2D eigenvalue weighted by Gasteiger charge is 2.16. The van der Waals surface area contributed by atoms with E-state index in [2.05, 4.69) is 19.2 Å². The van der Waals surface area contributed by atoms with Crippen molar-refractivity contribution in [2.45, 2.75) is 52.0 Å². The molecular formula is C17H29N3O. The first-order valence-electron chi connectivity index (χ1n) is 7.87. The number of unbranched alkanes of at least 4 members (excludes halogenated alkanes) is 1. The van der Waals surface area contributed by atoms with Gasteiger partial charge in [0, 0.05) is 31.5 Å². The van der Waals surface area contributed by atoms with Crippen molar-refractivity contribution in [3.05, 3.63) is 23.8 Å². The molecule has 21 heavy (non-hydrogen) atoms. The maximum Gasteiger partial charge on any atom is 0.255 e. The number of nitrogens with two attached hydrogens (primary N) is 1. The average molecular weight is 291 g/mol. The van der Waals surface area contributed by atoms with Crippen molar-refractivity contribution in [3.63, 3.8) is 0 Å². The molecule has 0 bridgehead atoms. The molecule has 4 heteroatoms. The summed E-state index contributed by atoms with van der Waals surface area (Å²) in [6, 6.07) is 5.85. The lowest BCUT2D eigenvalue weighted by atomic mass is 10.0. The molecular weight excluding hydrogens is 262 g/mol. The Morgan fingerprint density at radius 3 is 2.52 bits per heavy atom. The van der Waals surface area contributed by atoms with Crippen LogP contribution in [-0.4, -0.2) is 30.9 Å². The fourth-order valence-corrected chi connectivity index (χ4v) is 2.42. The quantitative estimate of drug-likeness (QED) is 0.717. The third-order valence-corrected chi connectivity index (χ3v) is 3.58. The molecule has 3 N–H and O–H groups in total. The van der Waals surface area contributed by atoms with Crippen molar-refractivity contribution in [2.75, 3.05) is 25.1 Å². The molecule has 1 aromatic carbocycles. The Balaban J connectivity index is 2.97. The van der Waals surface area contributed by atoms with Crippen molar-refractivity contribution < 1.29 is 4.79 Å². The number of anilines is 2. The Labute approximate surface area is 128 Å². The summed E-state index contributed by atoms with van der Waals surface area (Å²) < 4.78 is 0. The maximum absolute atomic E-state index is 12.3. The van der Waals surface area contributed by atoms with Gasteiger partial charge in [-0.15, -0.1) is 0 Å². The summed E-state index contributed by atoms with van der Waals surface area (Å²) in [6.45, 7) is 4.39. The van der Waals surface area contributed by atoms with Crippen LogP contribution in [0.2, 0.25) is 0 Å². The molecule has 0 spiro atoms. The van der Waals surface area contributed by atoms with E-state index in [-0.39, 0.29) is 5.91 Å². The zero-order valence-electron chi connectivity index (χ0n) is 13.8. The van der Waals surface area contributed by atoms with E-state index in [1.807, 2.05) is 12.1 Å². The van der Waals surface area contributed by atoms with E-state index in [1.165, 1.54) is 12.8 Å². The lowest BCUT2D eigenvalue weighted by Crippen LogP contribution is -2.25. The summed E-state index contributed by atoms with van der Waals surface area (Å²) in [5.41, 5.74) is 8.10. The number of hydrogen-bond acceptors (Lipinski definition) is 3. The van der Waals surface area contributed by atoms with Crippen molar-refractivity contribution >= 4 is 17.3 Å². The number of hydrogen-bond donors (Lipinski definition) is 2. The van der Waals surface area contributed by atoms with Crippen LogP contribution in [-0.2, 0) is 0 Å². The van der Waals surface area contributed by atoms with E-state index in [9.17, 15) is 4.79 Å². The predicted molar refractivity (Wildman–Crippen MR) is 90.7 cm³/mol. The van der Waals surface area contributed by atoms with Gasteiger partial charge in [0.05, 0.1) is 5.56 Å². The fraction of sp³-hybridized carbons (Fsp3) is 0.588. The average Bonchev–Trinajstić information content (AvgIpc) is 2.44. The highest BCUT2D eigenvalue weighted by Crippen LogP contribution is 2.23. The number of carbonyl (C=O) groups is 1. The van der Waals surface area contributed by atoms with Gasteiger partial charge < -0.3 is 16.0 Å². The maximum atomic E-state index is 12.3. The number of carbonyl (C=O) groups excluding carboxylic acids is 1. The first-order chi connectivity index (χ1) is 9.99. The van der Waals surface area contributed by atoms with Crippen LogP contribution in [0.25, 0.3) is 0 Å². The molecule has 0 heterocycles. The number of rotatable bonds is 8. The minimum Gasteiger partial charge on any atom is -0.399 e. The topological polar surface area (TPSA) is 58.4 Å². The number of amides is 1. The number of nitrogens with one attached hydrogen (secondary N) is 1. The molecule has 0 radical (unpaired) electrons. The molecule has 0 fully saturated rings. The van der Waals surface area contributed by atoms with Gasteiger partial charge in [-0.05, 0) is 31.0 Å². The van der Waals surface area contributed by atoms with Crippen LogP contribution < -0.4 is 11.1 Å². The molecule has 0 aromatic heterocycles. The number of nitrogens with zero attached hydrogens (tertiary/aromatic N) is 1. The second-order valence-corrected chi connectivity index (χ2v) is 5.78. The molecule has 0 aliphatic heterocycles. The highest BCUT2D eigenvalue weighted by molar-refractivity contribution is 6.00. The van der Waals surface area contributed by atoms with Gasteiger partial charge in [-0.3, -0.25) is 4.79 Å². The van der Waals surface area contributed by atoms with Crippen LogP contribution in [0.15, 0.2) is 18.2 Å². The minimum atomic E-state index is 0.00300. The smallest absolute Gasteiger partial charge is 0.255 e. The molecule has 0 aliphatic rings. The van der Waals surface area contributed by atoms with E-state index in [0.29, 0.717) is 17.3 Å². The van der Waals surface area contributed by atoms with Gasteiger partial charge in [-0.25, -0.2) is 0 Å². The number of nitrogen functional groups attached to an aromatic ring is 1. The first kappa shape index (κ1) is 17.3. The molecule has 118 valence electrons. The van der Waals surface area contributed by atoms with E-state index in [4.69, 9.17) is 5.73 Å². The van der Waals surface area contributed by atoms with Gasteiger partial charge >= 0.3 is 0 Å². The lowest BCUT2D eigenvalue weighted by molar-refractivity contribution is 0.0828. The standard InChI is InChI=1S/C17H29N3O/c1-5-7-9-14(8-6-2)19-16-12-13(18)10-11-15(16)17(21)20(3)4/h10-12,14,19H,5-9,18H2,1-4H3. The molecule has 4 nitrogen and oxygen atoms in total. The largest absolute Gasteiger partial charge is 0.399 e. The Morgan fingerprint density at radius 2 is 1.95 bits per heavy atom. The third kappa shape index (κ3) is 5.29. The van der Waals surface area contributed by atoms with E-state index >= 15 is 0 Å². The fourth-order valence-electron chi connectivity index (χ4n) is 2.42. The number of benzene rings is 1. The predicted octanol–water partition coefficient (Wildman–Crippen LogP) is 3.74. The Kier molecular flexibility index (Phi) is 7.06. The van der Waals surface area contributed by atoms with Crippen LogP contribution in [0.4, 0.5) is 11.4 Å². The summed E-state index contributed by atoms with van der Waals surface area (Å²) in [6.07, 6.45) is 5.72. The summed E-state index contributed by atoms with van der Waals surface area (Å²) >= 11 is 0.